The van der Waals surface area contributed by atoms with E-state index in [4.69, 9.17) is 4.74 Å². The summed E-state index contributed by atoms with van der Waals surface area (Å²) >= 11 is 0. The molecule has 0 spiro atoms. The Bertz CT molecular complexity index is 532. The van der Waals surface area contributed by atoms with E-state index in [-0.39, 0.29) is 0 Å². The minimum Gasteiger partial charge on any atom is -0.380 e. The molecule has 3 aliphatic heterocycles. The molecule has 3 fully saturated rings. The van der Waals surface area contributed by atoms with Gasteiger partial charge in [0.15, 0.2) is 0 Å². The molecule has 0 bridgehead atoms. The van der Waals surface area contributed by atoms with Gasteiger partial charge in [0.1, 0.15) is 12.1 Å². The zero-order valence-electron chi connectivity index (χ0n) is 14.7. The number of aryl methyl sites for hydroxylation is 1. The SMILES string of the molecule is Cc1cncnc1N1CC2CN(CCN3CCCOCC3)CC2C1. The summed E-state index contributed by atoms with van der Waals surface area (Å²) in [5, 5.41) is 0. The molecule has 4 heterocycles. The second kappa shape index (κ2) is 7.33. The third-order valence-electron chi connectivity index (χ3n) is 5.78. The van der Waals surface area contributed by atoms with Crippen molar-refractivity contribution in [3.05, 3.63) is 18.1 Å². The quantitative estimate of drug-likeness (QED) is 0.816. The summed E-state index contributed by atoms with van der Waals surface area (Å²) in [6.45, 7) is 13.4. The molecule has 0 saturated carbocycles. The van der Waals surface area contributed by atoms with Crippen LogP contribution in [0, 0.1) is 18.8 Å². The lowest BCUT2D eigenvalue weighted by atomic mass is 10.0. The lowest BCUT2D eigenvalue weighted by Crippen LogP contribution is -2.37. The van der Waals surface area contributed by atoms with Crippen LogP contribution in [0.5, 0.6) is 0 Å². The van der Waals surface area contributed by atoms with Crippen LogP contribution < -0.4 is 4.90 Å². The van der Waals surface area contributed by atoms with Crippen LogP contribution in [0.3, 0.4) is 0 Å². The molecule has 132 valence electrons. The Balaban J connectivity index is 1.26. The van der Waals surface area contributed by atoms with Crippen molar-refractivity contribution in [2.75, 3.05) is 70.5 Å². The Hall–Kier alpha value is -1.24. The summed E-state index contributed by atoms with van der Waals surface area (Å²) in [7, 11) is 0. The average Bonchev–Trinajstić information content (AvgIpc) is 3.02. The molecule has 3 saturated heterocycles. The van der Waals surface area contributed by atoms with Gasteiger partial charge in [-0.1, -0.05) is 0 Å². The number of hydrogen-bond acceptors (Lipinski definition) is 6. The summed E-state index contributed by atoms with van der Waals surface area (Å²) in [5.74, 6) is 2.73. The molecule has 4 rings (SSSR count). The van der Waals surface area contributed by atoms with E-state index in [1.807, 2.05) is 6.20 Å². The molecule has 6 nitrogen and oxygen atoms in total. The topological polar surface area (TPSA) is 44.7 Å². The molecule has 6 heteroatoms. The highest BCUT2D eigenvalue weighted by atomic mass is 16.5. The molecule has 2 unspecified atom stereocenters. The molecule has 1 aromatic heterocycles. The van der Waals surface area contributed by atoms with Crippen LogP contribution in [0.4, 0.5) is 5.82 Å². The van der Waals surface area contributed by atoms with Crippen molar-refractivity contribution < 1.29 is 4.74 Å². The van der Waals surface area contributed by atoms with E-state index in [2.05, 4.69) is 31.6 Å². The van der Waals surface area contributed by atoms with E-state index in [0.717, 1.165) is 50.5 Å². The van der Waals surface area contributed by atoms with Gasteiger partial charge >= 0.3 is 0 Å². The Labute approximate surface area is 144 Å². The Morgan fingerprint density at radius 1 is 1.04 bits per heavy atom. The minimum absolute atomic E-state index is 0.798. The van der Waals surface area contributed by atoms with Crippen molar-refractivity contribution >= 4 is 5.82 Å². The molecule has 3 aliphatic rings. The number of ether oxygens (including phenoxy) is 1. The molecular formula is C18H29N5O. The van der Waals surface area contributed by atoms with Crippen LogP contribution in [-0.2, 0) is 4.74 Å². The molecule has 0 amide bonds. The van der Waals surface area contributed by atoms with Crippen LogP contribution in [0.25, 0.3) is 0 Å². The Morgan fingerprint density at radius 3 is 2.62 bits per heavy atom. The van der Waals surface area contributed by atoms with E-state index in [0.29, 0.717) is 0 Å². The first-order chi connectivity index (χ1) is 11.8. The normalized spacial score (nSPS) is 29.0. The maximum atomic E-state index is 5.55. The lowest BCUT2D eigenvalue weighted by molar-refractivity contribution is 0.139. The van der Waals surface area contributed by atoms with Gasteiger partial charge in [-0.2, -0.15) is 0 Å². The molecular weight excluding hydrogens is 302 g/mol. The fourth-order valence-electron chi connectivity index (χ4n) is 4.47. The van der Waals surface area contributed by atoms with Gasteiger partial charge in [-0.05, 0) is 25.2 Å². The van der Waals surface area contributed by atoms with Crippen LogP contribution in [0.15, 0.2) is 12.5 Å². The standard InChI is InChI=1S/C18H29N5O/c1-15-9-19-14-20-18(15)23-12-16-10-22(11-17(16)13-23)5-4-21-3-2-7-24-8-6-21/h9,14,16-17H,2-8,10-13H2,1H3. The Kier molecular flexibility index (Phi) is 4.96. The van der Waals surface area contributed by atoms with Crippen LogP contribution in [0.1, 0.15) is 12.0 Å². The summed E-state index contributed by atoms with van der Waals surface area (Å²) in [6.07, 6.45) is 4.78. The summed E-state index contributed by atoms with van der Waals surface area (Å²) in [4.78, 5) is 16.3. The van der Waals surface area contributed by atoms with E-state index in [1.165, 1.54) is 44.7 Å². The van der Waals surface area contributed by atoms with Gasteiger partial charge in [-0.3, -0.25) is 4.90 Å². The van der Waals surface area contributed by atoms with Crippen molar-refractivity contribution in [1.82, 2.24) is 19.8 Å². The van der Waals surface area contributed by atoms with Gasteiger partial charge < -0.3 is 14.5 Å². The average molecular weight is 331 g/mol. The number of hydrogen-bond donors (Lipinski definition) is 0. The number of rotatable bonds is 4. The van der Waals surface area contributed by atoms with Gasteiger partial charge in [-0.25, -0.2) is 9.97 Å². The van der Waals surface area contributed by atoms with Gasteiger partial charge in [0, 0.05) is 70.7 Å². The van der Waals surface area contributed by atoms with Crippen LogP contribution in [0.2, 0.25) is 0 Å². The molecule has 24 heavy (non-hydrogen) atoms. The lowest BCUT2D eigenvalue weighted by Gasteiger charge is -2.25. The summed E-state index contributed by atoms with van der Waals surface area (Å²) in [5.41, 5.74) is 1.19. The van der Waals surface area contributed by atoms with Gasteiger partial charge in [-0.15, -0.1) is 0 Å². The smallest absolute Gasteiger partial charge is 0.134 e. The van der Waals surface area contributed by atoms with Gasteiger partial charge in [0.05, 0.1) is 6.61 Å². The molecule has 0 aromatic carbocycles. The van der Waals surface area contributed by atoms with Crippen molar-refractivity contribution in [2.24, 2.45) is 11.8 Å². The maximum Gasteiger partial charge on any atom is 0.134 e. The third kappa shape index (κ3) is 3.55. The predicted molar refractivity (Wildman–Crippen MR) is 94.3 cm³/mol. The van der Waals surface area contributed by atoms with E-state index in [9.17, 15) is 0 Å². The Morgan fingerprint density at radius 2 is 1.83 bits per heavy atom. The van der Waals surface area contributed by atoms with Crippen molar-refractivity contribution in [1.29, 1.82) is 0 Å². The van der Waals surface area contributed by atoms with Crippen molar-refractivity contribution in [2.45, 2.75) is 13.3 Å². The molecule has 1 aromatic rings. The maximum absolute atomic E-state index is 5.55. The summed E-state index contributed by atoms with van der Waals surface area (Å²) in [6, 6.07) is 0. The van der Waals surface area contributed by atoms with E-state index >= 15 is 0 Å². The zero-order valence-corrected chi connectivity index (χ0v) is 14.7. The van der Waals surface area contributed by atoms with Crippen molar-refractivity contribution in [3.63, 3.8) is 0 Å². The molecule has 2 atom stereocenters. The number of nitrogens with zero attached hydrogens (tertiary/aromatic N) is 5. The van der Waals surface area contributed by atoms with Crippen LogP contribution in [-0.4, -0.2) is 85.3 Å². The fourth-order valence-corrected chi connectivity index (χ4v) is 4.47. The first kappa shape index (κ1) is 16.2. The monoisotopic (exact) mass is 331 g/mol. The first-order valence-electron chi connectivity index (χ1n) is 9.33. The van der Waals surface area contributed by atoms with Crippen molar-refractivity contribution in [3.8, 4) is 0 Å². The third-order valence-corrected chi connectivity index (χ3v) is 5.78. The molecule has 0 aliphatic carbocycles. The molecule has 0 radical (unpaired) electrons. The summed E-state index contributed by atoms with van der Waals surface area (Å²) < 4.78 is 5.55. The fraction of sp³-hybridized carbons (Fsp3) is 0.778. The number of likely N-dealkylation sites (tertiary alicyclic amines) is 1. The molecule has 0 N–H and O–H groups in total. The van der Waals surface area contributed by atoms with E-state index < -0.39 is 0 Å². The van der Waals surface area contributed by atoms with Gasteiger partial charge in [0.25, 0.3) is 0 Å². The first-order valence-corrected chi connectivity index (χ1v) is 9.33. The van der Waals surface area contributed by atoms with Gasteiger partial charge in [0.2, 0.25) is 0 Å². The second-order valence-corrected chi connectivity index (χ2v) is 7.52. The largest absolute Gasteiger partial charge is 0.380 e. The highest BCUT2D eigenvalue weighted by Gasteiger charge is 2.40. The van der Waals surface area contributed by atoms with Crippen LogP contribution >= 0.6 is 0 Å². The second-order valence-electron chi connectivity index (χ2n) is 7.52. The number of anilines is 1. The number of fused-ring (bicyclic) bond motifs is 1. The minimum atomic E-state index is 0.798. The number of aromatic nitrogens is 2. The highest BCUT2D eigenvalue weighted by molar-refractivity contribution is 5.46. The zero-order chi connectivity index (χ0) is 16.4. The predicted octanol–water partition coefficient (Wildman–Crippen LogP) is 0.875. The highest BCUT2D eigenvalue weighted by Crippen LogP contribution is 2.33. The van der Waals surface area contributed by atoms with E-state index in [1.54, 1.807) is 6.33 Å².